The molecular formula is C40H34N4O4. The number of carbonyl (C=O) groups excluding carboxylic acids is 4. The van der Waals surface area contributed by atoms with Gasteiger partial charge in [-0.15, -0.1) is 0 Å². The summed E-state index contributed by atoms with van der Waals surface area (Å²) in [4.78, 5) is 58.3. The third kappa shape index (κ3) is 4.84. The third-order valence-electron chi connectivity index (χ3n) is 9.16. The molecule has 2 heterocycles. The van der Waals surface area contributed by atoms with Crippen LogP contribution in [0.4, 0.5) is 22.7 Å². The fraction of sp³-hybridized carbons (Fsp3) is 0.150. The zero-order valence-electron chi connectivity index (χ0n) is 27.1. The first-order chi connectivity index (χ1) is 22.9. The first-order valence-corrected chi connectivity index (χ1v) is 15.9. The molecular weight excluding hydrogens is 600 g/mol. The smallest absolute Gasteiger partial charge is 0.266 e. The normalized spacial score (nSPS) is 14.0. The van der Waals surface area contributed by atoms with Crippen molar-refractivity contribution in [2.45, 2.75) is 39.5 Å². The molecule has 48 heavy (non-hydrogen) atoms. The van der Waals surface area contributed by atoms with Crippen molar-refractivity contribution < 1.29 is 19.2 Å². The Morgan fingerprint density at radius 2 is 0.729 bits per heavy atom. The van der Waals surface area contributed by atoms with Crippen molar-refractivity contribution in [1.29, 1.82) is 0 Å². The third-order valence-corrected chi connectivity index (χ3v) is 9.16. The minimum atomic E-state index is -0.424. The topological polar surface area (TPSA) is 127 Å². The van der Waals surface area contributed by atoms with Crippen molar-refractivity contribution in [1.82, 2.24) is 0 Å². The van der Waals surface area contributed by atoms with Crippen molar-refractivity contribution >= 4 is 46.4 Å². The molecule has 0 atom stereocenters. The summed E-state index contributed by atoms with van der Waals surface area (Å²) in [6, 6.07) is 28.7. The molecule has 0 spiro atoms. The van der Waals surface area contributed by atoms with Crippen LogP contribution in [0.2, 0.25) is 0 Å². The fourth-order valence-corrected chi connectivity index (χ4v) is 6.55. The molecule has 238 valence electrons. The number of hydrogen-bond acceptors (Lipinski definition) is 6. The van der Waals surface area contributed by atoms with E-state index in [0.717, 1.165) is 22.3 Å². The summed E-state index contributed by atoms with van der Waals surface area (Å²) >= 11 is 0. The zero-order valence-corrected chi connectivity index (χ0v) is 27.1. The van der Waals surface area contributed by atoms with E-state index in [9.17, 15) is 19.2 Å². The average molecular weight is 635 g/mol. The standard InChI is InChI=1S/C40H34N4O4/c1-21(2)31-19-36(44-38(46)30-16-10-26(18-34(30)40(44)48)24-7-13-28(42)14-8-24)32(22(3)4)20-35(31)43-37(45)29-15-9-25(17-33(29)39(43)47)23-5-11-27(41)12-6-23/h5-22H,41-42H2,1-4H3. The van der Waals surface area contributed by atoms with Crippen molar-refractivity contribution in [3.8, 4) is 22.3 Å². The molecule has 2 aliphatic heterocycles. The quantitative estimate of drug-likeness (QED) is 0.144. The minimum absolute atomic E-state index is 0.151. The highest BCUT2D eigenvalue weighted by Crippen LogP contribution is 2.43. The largest absolute Gasteiger partial charge is 0.399 e. The lowest BCUT2D eigenvalue weighted by Gasteiger charge is -2.27. The SMILES string of the molecule is CC(C)c1cc(N2C(=O)c3ccc(-c4ccc(N)cc4)cc3C2=O)c(C(C)C)cc1N1C(=O)c2ccc(-c3ccc(N)cc3)cc2C1=O. The number of fused-ring (bicyclic) bond motifs is 2. The summed E-state index contributed by atoms with van der Waals surface area (Å²) in [5.74, 6) is -1.98. The number of amides is 4. The van der Waals surface area contributed by atoms with Gasteiger partial charge in [0.1, 0.15) is 0 Å². The Hall–Kier alpha value is -6.02. The van der Waals surface area contributed by atoms with Crippen LogP contribution in [0.25, 0.3) is 22.3 Å². The van der Waals surface area contributed by atoms with Gasteiger partial charge in [0, 0.05) is 11.4 Å². The Balaban J connectivity index is 1.30. The first-order valence-electron chi connectivity index (χ1n) is 15.9. The summed E-state index contributed by atoms with van der Waals surface area (Å²) in [6.45, 7) is 7.82. The predicted molar refractivity (Wildman–Crippen MR) is 189 cm³/mol. The molecule has 0 saturated heterocycles. The van der Waals surface area contributed by atoms with Gasteiger partial charge in [-0.25, -0.2) is 9.80 Å². The van der Waals surface area contributed by atoms with E-state index in [4.69, 9.17) is 11.5 Å². The number of nitrogen functional groups attached to an aromatic ring is 2. The van der Waals surface area contributed by atoms with Gasteiger partial charge in [0.25, 0.3) is 23.6 Å². The van der Waals surface area contributed by atoms with Gasteiger partial charge in [0.05, 0.1) is 33.6 Å². The van der Waals surface area contributed by atoms with Crippen LogP contribution in [0.3, 0.4) is 0 Å². The molecule has 0 unspecified atom stereocenters. The second kappa shape index (κ2) is 11.3. The van der Waals surface area contributed by atoms with Crippen molar-refractivity contribution in [3.05, 3.63) is 130 Å². The maximum atomic E-state index is 14.0. The van der Waals surface area contributed by atoms with Gasteiger partial charge >= 0.3 is 0 Å². The lowest BCUT2D eigenvalue weighted by Crippen LogP contribution is -2.33. The predicted octanol–water partition coefficient (Wildman–Crippen LogP) is 8.03. The van der Waals surface area contributed by atoms with Crippen molar-refractivity contribution in [3.63, 3.8) is 0 Å². The van der Waals surface area contributed by atoms with E-state index in [1.54, 1.807) is 60.7 Å². The Morgan fingerprint density at radius 3 is 1.06 bits per heavy atom. The molecule has 5 aromatic carbocycles. The van der Waals surface area contributed by atoms with Gasteiger partial charge in [-0.1, -0.05) is 64.1 Å². The summed E-state index contributed by atoms with van der Waals surface area (Å²) in [6.07, 6.45) is 0. The van der Waals surface area contributed by atoms with Gasteiger partial charge in [-0.05, 0) is 106 Å². The van der Waals surface area contributed by atoms with E-state index in [1.165, 1.54) is 9.80 Å². The highest BCUT2D eigenvalue weighted by molar-refractivity contribution is 6.36. The van der Waals surface area contributed by atoms with Crippen LogP contribution in [-0.4, -0.2) is 23.6 Å². The molecule has 7 rings (SSSR count). The average Bonchev–Trinajstić information content (AvgIpc) is 3.47. The molecule has 0 fully saturated rings. The first kappa shape index (κ1) is 30.6. The summed E-state index contributed by atoms with van der Waals surface area (Å²) < 4.78 is 0. The van der Waals surface area contributed by atoms with E-state index >= 15 is 0 Å². The Labute approximate surface area is 278 Å². The number of hydrogen-bond donors (Lipinski definition) is 2. The van der Waals surface area contributed by atoms with Crippen LogP contribution in [0.1, 0.15) is 92.1 Å². The molecule has 8 nitrogen and oxygen atoms in total. The highest BCUT2D eigenvalue weighted by Gasteiger charge is 2.41. The Morgan fingerprint density at radius 1 is 0.417 bits per heavy atom. The van der Waals surface area contributed by atoms with E-state index in [2.05, 4.69) is 0 Å². The van der Waals surface area contributed by atoms with E-state index < -0.39 is 23.6 Å². The number of anilines is 4. The van der Waals surface area contributed by atoms with Crippen LogP contribution < -0.4 is 21.3 Å². The maximum absolute atomic E-state index is 14.0. The lowest BCUT2D eigenvalue weighted by molar-refractivity contribution is 0.0909. The maximum Gasteiger partial charge on any atom is 0.266 e. The molecule has 0 aliphatic carbocycles. The molecule has 2 aliphatic rings. The summed E-state index contributed by atoms with van der Waals surface area (Å²) in [5.41, 5.74) is 19.8. The zero-order chi connectivity index (χ0) is 34.0. The van der Waals surface area contributed by atoms with E-state index in [-0.39, 0.29) is 11.8 Å². The Bertz CT molecular complexity index is 2030. The molecule has 8 heteroatoms. The lowest BCUT2D eigenvalue weighted by atomic mass is 9.92. The fourth-order valence-electron chi connectivity index (χ4n) is 6.55. The molecule has 5 aromatic rings. The second-order valence-electron chi connectivity index (χ2n) is 12.9. The van der Waals surface area contributed by atoms with Gasteiger partial charge in [-0.2, -0.15) is 0 Å². The molecule has 4 amide bonds. The Kier molecular flexibility index (Phi) is 7.24. The monoisotopic (exact) mass is 634 g/mol. The van der Waals surface area contributed by atoms with Gasteiger partial charge in [0.2, 0.25) is 0 Å². The second-order valence-corrected chi connectivity index (χ2v) is 12.9. The number of nitrogens with zero attached hydrogens (tertiary/aromatic N) is 2. The summed E-state index contributed by atoms with van der Waals surface area (Å²) in [5, 5.41) is 0. The van der Waals surface area contributed by atoms with Crippen LogP contribution in [-0.2, 0) is 0 Å². The number of carbonyl (C=O) groups is 4. The summed E-state index contributed by atoms with van der Waals surface area (Å²) in [7, 11) is 0. The van der Waals surface area contributed by atoms with E-state index in [1.807, 2.05) is 64.1 Å². The van der Waals surface area contributed by atoms with Crippen LogP contribution in [0.15, 0.2) is 97.1 Å². The van der Waals surface area contributed by atoms with Gasteiger partial charge in [0.15, 0.2) is 0 Å². The van der Waals surface area contributed by atoms with Gasteiger partial charge in [-0.3, -0.25) is 19.2 Å². The van der Waals surface area contributed by atoms with Crippen LogP contribution in [0, 0.1) is 0 Å². The van der Waals surface area contributed by atoms with E-state index in [0.29, 0.717) is 56.1 Å². The molecule has 4 N–H and O–H groups in total. The molecule has 0 aromatic heterocycles. The highest BCUT2D eigenvalue weighted by atomic mass is 16.2. The van der Waals surface area contributed by atoms with Crippen LogP contribution >= 0.6 is 0 Å². The number of rotatable bonds is 6. The number of nitrogens with two attached hydrogens (primary N) is 2. The van der Waals surface area contributed by atoms with Crippen molar-refractivity contribution in [2.75, 3.05) is 21.3 Å². The van der Waals surface area contributed by atoms with Crippen molar-refractivity contribution in [2.24, 2.45) is 0 Å². The van der Waals surface area contributed by atoms with Gasteiger partial charge < -0.3 is 11.5 Å². The molecule has 0 radical (unpaired) electrons. The minimum Gasteiger partial charge on any atom is -0.399 e. The molecule has 0 saturated carbocycles. The van der Waals surface area contributed by atoms with Crippen LogP contribution in [0.5, 0.6) is 0 Å². The molecule has 0 bridgehead atoms. The number of imide groups is 2. The number of benzene rings is 5.